The minimum Gasteiger partial charge on any atom is -0.492 e. The molecule has 0 spiro atoms. The van der Waals surface area contributed by atoms with Crippen molar-refractivity contribution in [3.8, 4) is 40.9 Å². The molecule has 4 aliphatic heterocycles. The SMILES string of the molecule is CCN[C@H]1CO[C@@H](O[C@H]2[C@H](O[C@H]3C#C/C=C\C#C[C@]4(O)CC(=O)C(NC(=O)OC)=C3/C4=C\CSSC34CC5CC(CC(C5)C3)C4)O[C@H](C)[C@@H](NO[C@H]3C[C@H](O)[C@H](SC(=O)c4c(C)c(I)c(O[C@@H]5O[C@@H](C)[C@H](O)[C@@H](OC)[C@H]5O)c(OC)c4OC)[C@@H](C)O3)[C@@H]2O)C[C@@H]1OC. The molecule has 24 nitrogen and oxygen atoms in total. The van der Waals surface area contributed by atoms with Crippen molar-refractivity contribution in [2.45, 2.75) is 212 Å². The number of carbonyl (C=O) groups is 3. The number of likely N-dealkylation sites (N-methyl/N-ethyl adjacent to an activating group) is 1. The van der Waals surface area contributed by atoms with Crippen LogP contribution in [0.2, 0.25) is 0 Å². The van der Waals surface area contributed by atoms with E-state index in [0.717, 1.165) is 29.5 Å². The summed E-state index contributed by atoms with van der Waals surface area (Å²) in [5, 5.41) is 63.5. The van der Waals surface area contributed by atoms with Crippen LogP contribution in [-0.4, -0.2) is 217 Å². The maximum atomic E-state index is 14.5. The number of ether oxygens (including phenoxy) is 12. The molecule has 1 aromatic rings. The number of aliphatic hydroxyl groups is 5. The number of carbonyl (C=O) groups excluding carboxylic acids is 3. The fourth-order valence-corrected chi connectivity index (χ4v) is 19.7. The van der Waals surface area contributed by atoms with Gasteiger partial charge in [-0.1, -0.05) is 70.0 Å². The lowest BCUT2D eigenvalue weighted by Gasteiger charge is -2.56. The number of Topliss-reactive ketones (excluding diaryl/α,β-unsaturated/α-hetero) is 1. The lowest BCUT2D eigenvalue weighted by Crippen LogP contribution is -2.65. The van der Waals surface area contributed by atoms with Gasteiger partial charge in [0.25, 0.3) is 0 Å². The number of aliphatic hydroxyl groups excluding tert-OH is 4. The topological polar surface area (TPSA) is 308 Å². The van der Waals surface area contributed by atoms with E-state index in [0.29, 0.717) is 21.4 Å². The number of hydroxylamine groups is 1. The van der Waals surface area contributed by atoms with Crippen LogP contribution in [0.4, 0.5) is 4.79 Å². The molecular weight excluding hydrogens is 1370 g/mol. The van der Waals surface area contributed by atoms with Crippen molar-refractivity contribution in [2.24, 2.45) is 17.8 Å². The molecule has 8 fully saturated rings. The van der Waals surface area contributed by atoms with Crippen molar-refractivity contribution in [2.75, 3.05) is 54.5 Å². The summed E-state index contributed by atoms with van der Waals surface area (Å²) in [6.07, 6.45) is -6.05. The lowest BCUT2D eigenvalue weighted by atomic mass is 9.56. The second kappa shape index (κ2) is 31.1. The smallest absolute Gasteiger partial charge is 0.411 e. The molecule has 4 saturated carbocycles. The highest BCUT2D eigenvalue weighted by Gasteiger charge is 2.54. The number of halogens is 1. The normalized spacial score (nSPS) is 39.8. The van der Waals surface area contributed by atoms with E-state index in [1.807, 2.05) is 46.4 Å². The Kier molecular flexibility index (Phi) is 24.1. The maximum absolute atomic E-state index is 14.5. The average Bonchev–Trinajstić information content (AvgIpc) is 0.769. The van der Waals surface area contributed by atoms with Crippen LogP contribution in [-0.2, 0) is 52.3 Å². The number of methoxy groups -OCH3 is 5. The molecule has 11 rings (SSSR count). The molecule has 28 heteroatoms. The number of thioether (sulfide) groups is 1. The van der Waals surface area contributed by atoms with Gasteiger partial charge in [0.15, 0.2) is 41.8 Å². The average molecular weight is 1460 g/mol. The monoisotopic (exact) mass is 1460 g/mol. The van der Waals surface area contributed by atoms with Crippen LogP contribution in [0.5, 0.6) is 17.2 Å². The van der Waals surface area contributed by atoms with E-state index in [9.17, 15) is 39.9 Å². The van der Waals surface area contributed by atoms with Gasteiger partial charge in [-0.25, -0.2) is 4.79 Å². The zero-order valence-electron chi connectivity index (χ0n) is 53.2. The third kappa shape index (κ3) is 15.3. The van der Waals surface area contributed by atoms with Crippen LogP contribution in [0, 0.1) is 51.9 Å². The number of benzene rings is 1. The van der Waals surface area contributed by atoms with E-state index >= 15 is 0 Å². The number of nitrogens with one attached hydrogen (secondary N) is 3. The third-order valence-corrected chi connectivity index (χ3v) is 24.7. The van der Waals surface area contributed by atoms with Crippen molar-refractivity contribution in [3.05, 3.63) is 49.8 Å². The van der Waals surface area contributed by atoms with Crippen LogP contribution in [0.1, 0.15) is 101 Å². The fourth-order valence-electron chi connectivity index (χ4n) is 14.7. The molecule has 6 bridgehead atoms. The minimum absolute atomic E-state index is 0.0268. The molecule has 8 N–H and O–H groups in total. The van der Waals surface area contributed by atoms with Gasteiger partial charge in [-0.2, -0.15) is 5.48 Å². The van der Waals surface area contributed by atoms with Crippen molar-refractivity contribution >= 4 is 72.9 Å². The molecule has 19 atom stereocenters. The van der Waals surface area contributed by atoms with E-state index in [-0.39, 0.29) is 76.0 Å². The molecule has 4 heterocycles. The van der Waals surface area contributed by atoms with Gasteiger partial charge < -0.3 is 87.7 Å². The first-order valence-corrected chi connectivity index (χ1v) is 35.5. The highest BCUT2D eigenvalue weighted by Crippen LogP contribution is 2.63. The number of alkyl carbamates (subject to hydrolysis) is 1. The maximum Gasteiger partial charge on any atom is 0.411 e. The van der Waals surface area contributed by atoms with Gasteiger partial charge >= 0.3 is 6.09 Å². The summed E-state index contributed by atoms with van der Waals surface area (Å²) in [5.74, 6) is 14.0. The zero-order valence-corrected chi connectivity index (χ0v) is 57.8. The Labute approximate surface area is 562 Å². The second-order valence-electron chi connectivity index (χ2n) is 25.0. The number of hydrogen-bond acceptors (Lipinski definition) is 26. The summed E-state index contributed by atoms with van der Waals surface area (Å²) in [7, 11) is 10.4. The summed E-state index contributed by atoms with van der Waals surface area (Å²) >= 11 is 2.84. The summed E-state index contributed by atoms with van der Waals surface area (Å²) in [5.41, 5.74) is 1.48. The van der Waals surface area contributed by atoms with Gasteiger partial charge in [0.2, 0.25) is 17.2 Å². The van der Waals surface area contributed by atoms with Gasteiger partial charge in [-0.05, 0) is 131 Å². The van der Waals surface area contributed by atoms with Crippen molar-refractivity contribution in [1.82, 2.24) is 16.1 Å². The molecule has 92 heavy (non-hydrogen) atoms. The molecular formula is C64H86IN3O21S3. The Bertz CT molecular complexity index is 3030. The quantitative estimate of drug-likeness (QED) is 0.0252. The van der Waals surface area contributed by atoms with Crippen LogP contribution < -0.4 is 30.3 Å². The predicted octanol–water partition coefficient (Wildman–Crippen LogP) is 4.89. The highest BCUT2D eigenvalue weighted by atomic mass is 127. The Morgan fingerprint density at radius 1 is 0.815 bits per heavy atom. The van der Waals surface area contributed by atoms with Crippen LogP contribution in [0.3, 0.4) is 0 Å². The molecule has 4 saturated heterocycles. The summed E-state index contributed by atoms with van der Waals surface area (Å²) in [6, 6.07) is -1.26. The van der Waals surface area contributed by atoms with Gasteiger partial charge in [-0.15, -0.1) is 0 Å². The van der Waals surface area contributed by atoms with Crippen molar-refractivity contribution in [1.29, 1.82) is 0 Å². The number of fused-ring (bicyclic) bond motifs is 2. The molecule has 1 aromatic carbocycles. The number of hydrogen-bond donors (Lipinski definition) is 8. The number of rotatable bonds is 22. The van der Waals surface area contributed by atoms with Crippen molar-refractivity contribution in [3.63, 3.8) is 0 Å². The highest BCUT2D eigenvalue weighted by molar-refractivity contribution is 14.1. The lowest BCUT2D eigenvalue weighted by molar-refractivity contribution is -0.336. The molecule has 10 aliphatic rings. The number of allylic oxidation sites excluding steroid dienone is 3. The summed E-state index contributed by atoms with van der Waals surface area (Å²) in [4.78, 5) is 48.3. The molecule has 6 aliphatic carbocycles. The van der Waals surface area contributed by atoms with Gasteiger partial charge in [0.05, 0.1) is 97.0 Å². The van der Waals surface area contributed by atoms with Crippen LogP contribution in [0.25, 0.3) is 0 Å². The molecule has 0 radical (unpaired) electrons. The molecule has 1 amide bonds. The summed E-state index contributed by atoms with van der Waals surface area (Å²) < 4.78 is 73.4. The minimum atomic E-state index is -2.05. The van der Waals surface area contributed by atoms with Gasteiger partial charge in [-0.3, -0.25) is 19.7 Å². The predicted molar refractivity (Wildman–Crippen MR) is 347 cm³/mol. The molecule has 508 valence electrons. The van der Waals surface area contributed by atoms with E-state index < -0.39 is 127 Å². The first-order valence-electron chi connectivity index (χ1n) is 31.2. The standard InChI is InChI=1S/C64H86IN3O21S3/c1-11-66-38-29-82-43(24-42(38)77-6)87-56-51(72)48(68-89-44-23-39(69)58(33(5)83-44)91-59(74)45-30(2)47(65)54(57(80-9)53(45)78-7)88-60-52(73)55(79-8)50(71)32(4)85-60)31(3)84-61(56)86-41-16-14-12-13-15-18-64(76)28-40(70)49(67-62(75)81-10)46(41)37(64)17-19-90-92-63-25-34-20-35(26-63)22-36(21-34)27-63/h12-13,17,31-36,38-39,41-44,48,50-52,55-56,58,60-61,66,68-69,71-73,76H,11,19-29H2,1-10H3,(H,67,75)/b13-12-,37-17+/t31-,32+,33-,34?,35?,36?,38+,39+,41+,42+,43+,44+,48-,50+,51+,52-,55-,56-,58-,60+,61+,63?,64+/m1/s1. The Balaban J connectivity index is 0.876. The first kappa shape index (κ1) is 71.5. The summed E-state index contributed by atoms with van der Waals surface area (Å²) in [6.45, 7) is 9.49. The third-order valence-electron chi connectivity index (χ3n) is 18.9. The molecule has 0 unspecified atom stereocenters. The van der Waals surface area contributed by atoms with E-state index in [1.165, 1.54) is 79.1 Å². The Morgan fingerprint density at radius 2 is 1.51 bits per heavy atom. The van der Waals surface area contributed by atoms with E-state index in [2.05, 4.69) is 39.8 Å². The zero-order chi connectivity index (χ0) is 65.9. The number of amides is 1. The number of ketones is 1. The first-order chi connectivity index (χ1) is 44.1. The van der Waals surface area contributed by atoms with Crippen LogP contribution in [0.15, 0.2) is 35.1 Å². The molecule has 0 aromatic heterocycles. The fraction of sp³-hybridized carbons (Fsp3) is 0.703. The second-order valence-corrected chi connectivity index (χ2v) is 30.1. The van der Waals surface area contributed by atoms with Crippen molar-refractivity contribution < 1.29 is 102 Å². The Morgan fingerprint density at radius 3 is 2.16 bits per heavy atom. The van der Waals surface area contributed by atoms with Gasteiger partial charge in [0, 0.05) is 48.7 Å². The van der Waals surface area contributed by atoms with Gasteiger partial charge in [0.1, 0.15) is 36.6 Å². The van der Waals surface area contributed by atoms with Crippen LogP contribution >= 0.6 is 55.9 Å². The largest absolute Gasteiger partial charge is 0.492 e. The Hall–Kier alpha value is -3.29. The van der Waals surface area contributed by atoms with E-state index in [1.54, 1.807) is 45.6 Å². The van der Waals surface area contributed by atoms with E-state index in [4.69, 9.17) is 61.7 Å².